The number of morpholine rings is 1. The molecule has 0 aliphatic carbocycles. The second-order valence-corrected chi connectivity index (χ2v) is 7.19. The van der Waals surface area contributed by atoms with Gasteiger partial charge in [-0.1, -0.05) is 0 Å². The third-order valence-electron chi connectivity index (χ3n) is 5.12. The first kappa shape index (κ1) is 18.8. The Morgan fingerprint density at radius 3 is 2.62 bits per heavy atom. The minimum atomic E-state index is -1.98. The Morgan fingerprint density at radius 2 is 1.96 bits per heavy atom. The number of rotatable bonds is 4. The minimum absolute atomic E-state index is 0.131. The standard InChI is InChI=1S/C18H27FN4O3/c1-14-12-15(2)23(20-14)7-4-16(24)22-6-3-5-18(19,13-22)17(25)21-8-10-26-11-9-21/h12H,3-11,13H2,1-2H3. The number of hydrogen-bond acceptors (Lipinski definition) is 4. The second-order valence-electron chi connectivity index (χ2n) is 7.19. The Bertz CT molecular complexity index is 671. The van der Waals surface area contributed by atoms with Crippen LogP contribution in [0.4, 0.5) is 4.39 Å². The van der Waals surface area contributed by atoms with Crippen molar-refractivity contribution >= 4 is 11.8 Å². The number of carbonyl (C=O) groups is 2. The predicted molar refractivity (Wildman–Crippen MR) is 93.4 cm³/mol. The van der Waals surface area contributed by atoms with Gasteiger partial charge < -0.3 is 14.5 Å². The average Bonchev–Trinajstić information content (AvgIpc) is 2.97. The van der Waals surface area contributed by atoms with Gasteiger partial charge in [0.1, 0.15) is 0 Å². The Hall–Kier alpha value is -1.96. The van der Waals surface area contributed by atoms with Crippen LogP contribution in [-0.2, 0) is 20.9 Å². The smallest absolute Gasteiger partial charge is 0.262 e. The molecule has 26 heavy (non-hydrogen) atoms. The van der Waals surface area contributed by atoms with E-state index in [1.165, 1.54) is 9.80 Å². The summed E-state index contributed by atoms with van der Waals surface area (Å²) in [5.74, 6) is -0.633. The van der Waals surface area contributed by atoms with Crippen LogP contribution < -0.4 is 0 Å². The van der Waals surface area contributed by atoms with Gasteiger partial charge >= 0.3 is 0 Å². The molecular formula is C18H27FN4O3. The monoisotopic (exact) mass is 366 g/mol. The van der Waals surface area contributed by atoms with Gasteiger partial charge in [-0.15, -0.1) is 0 Å². The summed E-state index contributed by atoms with van der Waals surface area (Å²) in [7, 11) is 0. The van der Waals surface area contributed by atoms with Gasteiger partial charge in [-0.25, -0.2) is 4.39 Å². The number of aryl methyl sites for hydroxylation is 3. The zero-order valence-corrected chi connectivity index (χ0v) is 15.5. The van der Waals surface area contributed by atoms with Gasteiger partial charge in [0.05, 0.1) is 25.5 Å². The van der Waals surface area contributed by atoms with Crippen molar-refractivity contribution in [3.8, 4) is 0 Å². The summed E-state index contributed by atoms with van der Waals surface area (Å²) in [4.78, 5) is 28.2. The van der Waals surface area contributed by atoms with E-state index in [-0.39, 0.29) is 25.3 Å². The molecule has 1 aromatic heterocycles. The van der Waals surface area contributed by atoms with Crippen molar-refractivity contribution in [1.82, 2.24) is 19.6 Å². The normalized spacial score (nSPS) is 24.0. The number of aromatic nitrogens is 2. The molecule has 0 spiro atoms. The van der Waals surface area contributed by atoms with Gasteiger partial charge in [-0.05, 0) is 32.8 Å². The Morgan fingerprint density at radius 1 is 1.23 bits per heavy atom. The summed E-state index contributed by atoms with van der Waals surface area (Å²) in [5, 5.41) is 4.34. The topological polar surface area (TPSA) is 67.7 Å². The van der Waals surface area contributed by atoms with Crippen molar-refractivity contribution in [2.75, 3.05) is 39.4 Å². The van der Waals surface area contributed by atoms with E-state index in [1.807, 2.05) is 19.9 Å². The lowest BCUT2D eigenvalue weighted by Gasteiger charge is -2.40. The fourth-order valence-electron chi connectivity index (χ4n) is 3.71. The number of hydrogen-bond donors (Lipinski definition) is 0. The second kappa shape index (κ2) is 7.73. The van der Waals surface area contributed by atoms with Crippen LogP contribution in [0, 0.1) is 13.8 Å². The Kier molecular flexibility index (Phi) is 5.60. The highest BCUT2D eigenvalue weighted by atomic mass is 19.1. The van der Waals surface area contributed by atoms with E-state index < -0.39 is 11.6 Å². The summed E-state index contributed by atoms with van der Waals surface area (Å²) < 4.78 is 22.4. The van der Waals surface area contributed by atoms with Gasteiger partial charge in [0, 0.05) is 38.3 Å². The molecule has 1 atom stereocenters. The quantitative estimate of drug-likeness (QED) is 0.800. The summed E-state index contributed by atoms with van der Waals surface area (Å²) in [6.45, 7) is 6.36. The zero-order chi connectivity index (χ0) is 18.7. The third kappa shape index (κ3) is 4.06. The summed E-state index contributed by atoms with van der Waals surface area (Å²) in [6, 6.07) is 1.96. The summed E-state index contributed by atoms with van der Waals surface area (Å²) >= 11 is 0. The van der Waals surface area contributed by atoms with Crippen molar-refractivity contribution in [2.45, 2.75) is 45.3 Å². The van der Waals surface area contributed by atoms with Crippen molar-refractivity contribution < 1.29 is 18.7 Å². The van der Waals surface area contributed by atoms with Crippen LogP contribution in [-0.4, -0.2) is 76.5 Å². The van der Waals surface area contributed by atoms with Crippen LogP contribution in [0.2, 0.25) is 0 Å². The molecule has 0 radical (unpaired) electrons. The molecule has 3 heterocycles. The zero-order valence-electron chi connectivity index (χ0n) is 15.5. The van der Waals surface area contributed by atoms with Gasteiger partial charge in [0.2, 0.25) is 11.6 Å². The van der Waals surface area contributed by atoms with Gasteiger partial charge in [0.15, 0.2) is 0 Å². The van der Waals surface area contributed by atoms with E-state index in [2.05, 4.69) is 5.10 Å². The first-order valence-electron chi connectivity index (χ1n) is 9.24. The number of nitrogens with zero attached hydrogens (tertiary/aromatic N) is 4. The number of piperidine rings is 1. The summed E-state index contributed by atoms with van der Waals surface area (Å²) in [5.41, 5.74) is -0.0771. The van der Waals surface area contributed by atoms with Crippen molar-refractivity contribution in [1.29, 1.82) is 0 Å². The molecule has 2 saturated heterocycles. The number of amides is 2. The molecule has 144 valence electrons. The molecule has 2 aliphatic heterocycles. The average molecular weight is 366 g/mol. The molecule has 0 bridgehead atoms. The lowest BCUT2D eigenvalue weighted by molar-refractivity contribution is -0.154. The maximum atomic E-state index is 15.3. The third-order valence-corrected chi connectivity index (χ3v) is 5.12. The van der Waals surface area contributed by atoms with E-state index in [4.69, 9.17) is 4.74 Å². The molecule has 2 aliphatic rings. The maximum Gasteiger partial charge on any atom is 0.262 e. The first-order chi connectivity index (χ1) is 12.4. The van der Waals surface area contributed by atoms with E-state index in [1.54, 1.807) is 4.68 Å². The molecule has 0 saturated carbocycles. The largest absolute Gasteiger partial charge is 0.378 e. The number of alkyl halides is 1. The Labute approximate surface area is 153 Å². The van der Waals surface area contributed by atoms with Crippen LogP contribution in [0.1, 0.15) is 30.7 Å². The van der Waals surface area contributed by atoms with E-state index in [0.29, 0.717) is 45.8 Å². The highest BCUT2D eigenvalue weighted by Gasteiger charge is 2.46. The predicted octanol–water partition coefficient (Wildman–Crippen LogP) is 1.08. The molecule has 0 N–H and O–H groups in total. The first-order valence-corrected chi connectivity index (χ1v) is 9.24. The minimum Gasteiger partial charge on any atom is -0.378 e. The van der Waals surface area contributed by atoms with Crippen molar-refractivity contribution in [3.63, 3.8) is 0 Å². The van der Waals surface area contributed by atoms with Gasteiger partial charge in [-0.2, -0.15) is 5.10 Å². The molecule has 7 nitrogen and oxygen atoms in total. The lowest BCUT2D eigenvalue weighted by Crippen LogP contribution is -2.58. The molecule has 1 aromatic rings. The van der Waals surface area contributed by atoms with Crippen molar-refractivity contribution in [3.05, 3.63) is 17.5 Å². The fourth-order valence-corrected chi connectivity index (χ4v) is 3.71. The van der Waals surface area contributed by atoms with E-state index in [9.17, 15) is 9.59 Å². The molecular weight excluding hydrogens is 339 g/mol. The molecule has 2 fully saturated rings. The molecule has 1 unspecified atom stereocenters. The summed E-state index contributed by atoms with van der Waals surface area (Å²) in [6.07, 6.45) is 0.923. The number of halogens is 1. The van der Waals surface area contributed by atoms with Gasteiger partial charge in [0.25, 0.3) is 5.91 Å². The van der Waals surface area contributed by atoms with E-state index in [0.717, 1.165) is 11.4 Å². The lowest BCUT2D eigenvalue weighted by atomic mass is 9.92. The molecule has 8 heteroatoms. The van der Waals surface area contributed by atoms with Crippen molar-refractivity contribution in [2.24, 2.45) is 0 Å². The van der Waals surface area contributed by atoms with Crippen LogP contribution in [0.25, 0.3) is 0 Å². The fraction of sp³-hybridized carbons (Fsp3) is 0.722. The number of likely N-dealkylation sites (tertiary alicyclic amines) is 1. The van der Waals surface area contributed by atoms with Crippen LogP contribution in [0.5, 0.6) is 0 Å². The van der Waals surface area contributed by atoms with Crippen LogP contribution in [0.15, 0.2) is 6.07 Å². The maximum absolute atomic E-state index is 15.3. The number of carbonyl (C=O) groups excluding carboxylic acids is 2. The number of ether oxygens (including phenoxy) is 1. The molecule has 2 amide bonds. The SMILES string of the molecule is Cc1cc(C)n(CCC(=O)N2CCCC(F)(C(=O)N3CCOCC3)C2)n1. The van der Waals surface area contributed by atoms with Gasteiger partial charge in [-0.3, -0.25) is 14.3 Å². The Balaban J connectivity index is 1.59. The van der Waals surface area contributed by atoms with E-state index >= 15 is 4.39 Å². The van der Waals surface area contributed by atoms with Crippen LogP contribution >= 0.6 is 0 Å². The van der Waals surface area contributed by atoms with Crippen LogP contribution in [0.3, 0.4) is 0 Å². The molecule has 0 aromatic carbocycles. The highest BCUT2D eigenvalue weighted by molar-refractivity contribution is 5.87. The molecule has 3 rings (SSSR count). The highest BCUT2D eigenvalue weighted by Crippen LogP contribution is 2.28.